The van der Waals surface area contributed by atoms with Crippen LogP contribution in [-0.4, -0.2) is 10.8 Å². The SMILES string of the molecule is CC(=O)c1nc2c(N)cccc2o1. The van der Waals surface area contributed by atoms with E-state index in [0.717, 1.165) is 0 Å². The monoisotopic (exact) mass is 176 g/mol. The lowest BCUT2D eigenvalue weighted by molar-refractivity contribution is 0.0983. The van der Waals surface area contributed by atoms with Crippen molar-refractivity contribution in [3.63, 3.8) is 0 Å². The van der Waals surface area contributed by atoms with Crippen molar-refractivity contribution < 1.29 is 9.21 Å². The number of ketones is 1. The first-order valence-electron chi connectivity index (χ1n) is 3.84. The van der Waals surface area contributed by atoms with E-state index in [1.165, 1.54) is 6.92 Å². The third kappa shape index (κ3) is 1.16. The van der Waals surface area contributed by atoms with E-state index in [-0.39, 0.29) is 11.7 Å². The highest BCUT2D eigenvalue weighted by molar-refractivity contribution is 5.94. The van der Waals surface area contributed by atoms with E-state index < -0.39 is 0 Å². The number of para-hydroxylation sites is 1. The molecule has 1 aromatic heterocycles. The van der Waals surface area contributed by atoms with Gasteiger partial charge in [0, 0.05) is 6.92 Å². The highest BCUT2D eigenvalue weighted by Crippen LogP contribution is 2.20. The van der Waals surface area contributed by atoms with Crippen molar-refractivity contribution in [2.45, 2.75) is 6.92 Å². The topological polar surface area (TPSA) is 69.1 Å². The van der Waals surface area contributed by atoms with Crippen LogP contribution in [0.25, 0.3) is 11.1 Å². The summed E-state index contributed by atoms with van der Waals surface area (Å²) in [5.41, 5.74) is 7.25. The Morgan fingerprint density at radius 3 is 2.92 bits per heavy atom. The Balaban J connectivity index is 2.75. The third-order valence-corrected chi connectivity index (χ3v) is 1.75. The van der Waals surface area contributed by atoms with Gasteiger partial charge in [-0.2, -0.15) is 0 Å². The zero-order valence-corrected chi connectivity index (χ0v) is 7.07. The summed E-state index contributed by atoms with van der Waals surface area (Å²) in [6.07, 6.45) is 0. The van der Waals surface area contributed by atoms with Crippen LogP contribution in [0.15, 0.2) is 22.6 Å². The molecule has 2 N–H and O–H groups in total. The lowest BCUT2D eigenvalue weighted by Gasteiger charge is -1.89. The largest absolute Gasteiger partial charge is 0.434 e. The molecule has 4 nitrogen and oxygen atoms in total. The van der Waals surface area contributed by atoms with Gasteiger partial charge in [0.2, 0.25) is 5.78 Å². The average molecular weight is 176 g/mol. The highest BCUT2D eigenvalue weighted by Gasteiger charge is 2.10. The molecular formula is C9H8N2O2. The zero-order valence-electron chi connectivity index (χ0n) is 7.07. The zero-order chi connectivity index (χ0) is 9.42. The van der Waals surface area contributed by atoms with E-state index >= 15 is 0 Å². The molecular weight excluding hydrogens is 168 g/mol. The maximum absolute atomic E-state index is 10.9. The molecule has 0 atom stereocenters. The van der Waals surface area contributed by atoms with Crippen LogP contribution < -0.4 is 5.73 Å². The highest BCUT2D eigenvalue weighted by atomic mass is 16.4. The average Bonchev–Trinajstić information content (AvgIpc) is 2.49. The Hall–Kier alpha value is -1.84. The summed E-state index contributed by atoms with van der Waals surface area (Å²) in [6.45, 7) is 1.40. The van der Waals surface area contributed by atoms with Crippen molar-refractivity contribution in [1.82, 2.24) is 4.98 Å². The molecule has 0 fully saturated rings. The molecule has 0 aliphatic rings. The second kappa shape index (κ2) is 2.58. The number of oxazole rings is 1. The first-order valence-corrected chi connectivity index (χ1v) is 3.84. The fourth-order valence-electron chi connectivity index (χ4n) is 1.12. The number of fused-ring (bicyclic) bond motifs is 1. The minimum atomic E-state index is -0.199. The van der Waals surface area contributed by atoms with Crippen LogP contribution in [0, 0.1) is 0 Å². The molecule has 0 saturated carbocycles. The molecule has 0 radical (unpaired) electrons. The van der Waals surface area contributed by atoms with E-state index in [1.54, 1.807) is 18.2 Å². The molecule has 4 heteroatoms. The van der Waals surface area contributed by atoms with Crippen LogP contribution in [0.1, 0.15) is 17.6 Å². The van der Waals surface area contributed by atoms with Gasteiger partial charge in [0.05, 0.1) is 5.69 Å². The molecule has 0 aliphatic carbocycles. The van der Waals surface area contributed by atoms with Gasteiger partial charge in [0.25, 0.3) is 5.89 Å². The first-order chi connectivity index (χ1) is 6.18. The second-order valence-electron chi connectivity index (χ2n) is 2.77. The van der Waals surface area contributed by atoms with Crippen molar-refractivity contribution in [2.24, 2.45) is 0 Å². The number of carbonyl (C=O) groups is 1. The minimum Gasteiger partial charge on any atom is -0.434 e. The molecule has 0 spiro atoms. The predicted molar refractivity (Wildman–Crippen MR) is 48.4 cm³/mol. The van der Waals surface area contributed by atoms with Crippen molar-refractivity contribution in [3.05, 3.63) is 24.1 Å². The number of aromatic nitrogens is 1. The van der Waals surface area contributed by atoms with Gasteiger partial charge in [0.15, 0.2) is 5.58 Å². The van der Waals surface area contributed by atoms with Gasteiger partial charge < -0.3 is 10.2 Å². The summed E-state index contributed by atoms with van der Waals surface area (Å²) in [7, 11) is 0. The Morgan fingerprint density at radius 2 is 2.31 bits per heavy atom. The predicted octanol–water partition coefficient (Wildman–Crippen LogP) is 1.61. The molecule has 1 aromatic carbocycles. The number of hydrogen-bond acceptors (Lipinski definition) is 4. The Bertz CT molecular complexity index is 473. The number of benzene rings is 1. The van der Waals surface area contributed by atoms with Gasteiger partial charge in [-0.3, -0.25) is 4.79 Å². The van der Waals surface area contributed by atoms with Gasteiger partial charge in [-0.25, -0.2) is 4.98 Å². The molecule has 0 saturated heterocycles. The number of anilines is 1. The molecule has 1 heterocycles. The number of carbonyl (C=O) groups excluding carboxylic acids is 1. The lowest BCUT2D eigenvalue weighted by atomic mass is 10.3. The van der Waals surface area contributed by atoms with Crippen LogP contribution in [-0.2, 0) is 0 Å². The summed E-state index contributed by atoms with van der Waals surface area (Å²) in [6, 6.07) is 5.20. The molecule has 2 aromatic rings. The van der Waals surface area contributed by atoms with E-state index in [1.807, 2.05) is 0 Å². The van der Waals surface area contributed by atoms with E-state index in [2.05, 4.69) is 4.98 Å². The first kappa shape index (κ1) is 7.79. The van der Waals surface area contributed by atoms with Crippen LogP contribution in [0.4, 0.5) is 5.69 Å². The quantitative estimate of drug-likeness (QED) is 0.529. The number of nitrogens with zero attached hydrogens (tertiary/aromatic N) is 1. The van der Waals surface area contributed by atoms with Crippen molar-refractivity contribution in [3.8, 4) is 0 Å². The summed E-state index contributed by atoms with van der Waals surface area (Å²) in [5, 5.41) is 0. The second-order valence-corrected chi connectivity index (χ2v) is 2.77. The van der Waals surface area contributed by atoms with Gasteiger partial charge >= 0.3 is 0 Å². The maximum atomic E-state index is 10.9. The number of rotatable bonds is 1. The smallest absolute Gasteiger partial charge is 0.264 e. The van der Waals surface area contributed by atoms with Crippen LogP contribution in [0.3, 0.4) is 0 Å². The third-order valence-electron chi connectivity index (χ3n) is 1.75. The van der Waals surface area contributed by atoms with Gasteiger partial charge in [0.1, 0.15) is 5.52 Å². The van der Waals surface area contributed by atoms with E-state index in [4.69, 9.17) is 10.2 Å². The molecule has 0 aliphatic heterocycles. The number of hydrogen-bond donors (Lipinski definition) is 1. The fraction of sp³-hybridized carbons (Fsp3) is 0.111. The number of nitrogen functional groups attached to an aromatic ring is 1. The molecule has 13 heavy (non-hydrogen) atoms. The van der Waals surface area contributed by atoms with Gasteiger partial charge in [-0.15, -0.1) is 0 Å². The number of Topliss-reactive ketones (excluding diaryl/α,β-unsaturated/α-hetero) is 1. The Kier molecular flexibility index (Phi) is 1.55. The van der Waals surface area contributed by atoms with Crippen LogP contribution in [0.2, 0.25) is 0 Å². The van der Waals surface area contributed by atoms with Crippen molar-refractivity contribution >= 4 is 22.6 Å². The van der Waals surface area contributed by atoms with Gasteiger partial charge in [-0.05, 0) is 12.1 Å². The summed E-state index contributed by atoms with van der Waals surface area (Å²) < 4.78 is 5.17. The van der Waals surface area contributed by atoms with E-state index in [0.29, 0.717) is 16.8 Å². The molecule has 0 unspecified atom stereocenters. The fourth-order valence-corrected chi connectivity index (χ4v) is 1.12. The van der Waals surface area contributed by atoms with Crippen molar-refractivity contribution in [2.75, 3.05) is 5.73 Å². The molecule has 0 amide bonds. The molecule has 0 bridgehead atoms. The van der Waals surface area contributed by atoms with Crippen molar-refractivity contribution in [1.29, 1.82) is 0 Å². The van der Waals surface area contributed by atoms with Gasteiger partial charge in [-0.1, -0.05) is 6.07 Å². The summed E-state index contributed by atoms with van der Waals surface area (Å²) >= 11 is 0. The van der Waals surface area contributed by atoms with E-state index in [9.17, 15) is 4.79 Å². The van der Waals surface area contributed by atoms with Crippen LogP contribution >= 0.6 is 0 Å². The number of nitrogens with two attached hydrogens (primary N) is 1. The minimum absolute atomic E-state index is 0.105. The Morgan fingerprint density at radius 1 is 1.54 bits per heavy atom. The summed E-state index contributed by atoms with van der Waals surface area (Å²) in [4.78, 5) is 14.9. The Labute approximate surface area is 74.4 Å². The normalized spacial score (nSPS) is 10.5. The van der Waals surface area contributed by atoms with Crippen LogP contribution in [0.5, 0.6) is 0 Å². The summed E-state index contributed by atoms with van der Waals surface area (Å²) in [5.74, 6) is -0.0940. The lowest BCUT2D eigenvalue weighted by Crippen LogP contribution is -1.91. The standard InChI is InChI=1S/C9H8N2O2/c1-5(12)9-11-8-6(10)3-2-4-7(8)13-9/h2-4H,10H2,1H3. The molecule has 2 rings (SSSR count). The molecule has 66 valence electrons. The maximum Gasteiger partial charge on any atom is 0.264 e.